The van der Waals surface area contributed by atoms with Gasteiger partial charge in [-0.25, -0.2) is 9.78 Å². The molecule has 0 bridgehead atoms. The number of fused-ring (bicyclic) bond motifs is 1. The second-order valence-electron chi connectivity index (χ2n) is 7.50. The molecule has 7 nitrogen and oxygen atoms in total. The normalized spacial score (nSPS) is 12.0. The van der Waals surface area contributed by atoms with E-state index in [4.69, 9.17) is 21.0 Å². The number of hydrogen-bond donors (Lipinski definition) is 1. The summed E-state index contributed by atoms with van der Waals surface area (Å²) in [6, 6.07) is 15.0. The molecule has 1 N–H and O–H groups in total. The van der Waals surface area contributed by atoms with E-state index < -0.39 is 6.04 Å². The molecule has 0 spiro atoms. The molecule has 0 aliphatic rings. The predicted octanol–water partition coefficient (Wildman–Crippen LogP) is 6.22. The Kier molecular flexibility index (Phi) is 6.85. The number of urea groups is 1. The lowest BCUT2D eigenvalue weighted by atomic mass is 10.2. The number of nitrogens with zero attached hydrogens (tertiary/aromatic N) is 3. The van der Waals surface area contributed by atoms with Gasteiger partial charge in [0.1, 0.15) is 11.6 Å². The average Bonchev–Trinajstić information content (AvgIpc) is 3.32. The molecule has 2 heterocycles. The molecule has 33 heavy (non-hydrogen) atoms. The summed E-state index contributed by atoms with van der Waals surface area (Å²) in [6.45, 7) is 4.32. The molecule has 0 saturated carbocycles. The lowest BCUT2D eigenvalue weighted by Crippen LogP contribution is -2.39. The molecule has 0 saturated heterocycles. The van der Waals surface area contributed by atoms with E-state index in [1.807, 2.05) is 26.0 Å². The number of carbonyl (C=O) groups excluding carboxylic acids is 1. The average molecular weight is 530 g/mol. The summed E-state index contributed by atoms with van der Waals surface area (Å²) in [5.41, 5.74) is 0.981. The Labute approximate surface area is 204 Å². The van der Waals surface area contributed by atoms with E-state index in [9.17, 15) is 9.59 Å². The minimum Gasteiger partial charge on any atom is -0.467 e. The standard InChI is InChI=1S/C24H22BrClN4O3/c1-3-29-22(28-21-11-8-17(26)13-20(21)23(29)31)15(2)30(14-19-5-4-12-33-19)24(32)27-18-9-6-16(25)7-10-18/h4-13,15H,3,14H2,1-2H3,(H,27,32). The van der Waals surface area contributed by atoms with Crippen molar-refractivity contribution in [1.29, 1.82) is 0 Å². The van der Waals surface area contributed by atoms with Crippen LogP contribution >= 0.6 is 27.5 Å². The van der Waals surface area contributed by atoms with Gasteiger partial charge in [-0.3, -0.25) is 9.36 Å². The first-order valence-corrected chi connectivity index (χ1v) is 11.6. The SMILES string of the molecule is CCn1c(C(C)N(Cc2ccco2)C(=O)Nc2ccc(Br)cc2)nc2ccc(Cl)cc2c1=O. The first-order chi connectivity index (χ1) is 15.9. The zero-order valence-electron chi connectivity index (χ0n) is 18.1. The van der Waals surface area contributed by atoms with E-state index >= 15 is 0 Å². The van der Waals surface area contributed by atoms with Gasteiger partial charge in [-0.1, -0.05) is 27.5 Å². The number of carbonyl (C=O) groups is 1. The molecule has 0 aliphatic carbocycles. The van der Waals surface area contributed by atoms with Crippen molar-refractivity contribution in [3.63, 3.8) is 0 Å². The van der Waals surface area contributed by atoms with Crippen molar-refractivity contribution in [2.75, 3.05) is 5.32 Å². The van der Waals surface area contributed by atoms with Crippen LogP contribution in [0.1, 0.15) is 31.5 Å². The Morgan fingerprint density at radius 2 is 2.00 bits per heavy atom. The summed E-state index contributed by atoms with van der Waals surface area (Å²) in [4.78, 5) is 32.9. The van der Waals surface area contributed by atoms with Gasteiger partial charge in [0.15, 0.2) is 0 Å². The zero-order valence-corrected chi connectivity index (χ0v) is 20.4. The molecule has 2 aromatic carbocycles. The molecule has 4 aromatic rings. The van der Waals surface area contributed by atoms with E-state index in [-0.39, 0.29) is 18.1 Å². The number of nitrogens with one attached hydrogen (secondary N) is 1. The largest absolute Gasteiger partial charge is 0.467 e. The number of hydrogen-bond acceptors (Lipinski definition) is 4. The highest BCUT2D eigenvalue weighted by atomic mass is 79.9. The van der Waals surface area contributed by atoms with Crippen LogP contribution in [0.5, 0.6) is 0 Å². The highest BCUT2D eigenvalue weighted by molar-refractivity contribution is 9.10. The van der Waals surface area contributed by atoms with Crippen LogP contribution in [-0.4, -0.2) is 20.5 Å². The van der Waals surface area contributed by atoms with Crippen LogP contribution in [0.25, 0.3) is 10.9 Å². The van der Waals surface area contributed by atoms with Crippen LogP contribution in [-0.2, 0) is 13.1 Å². The predicted molar refractivity (Wildman–Crippen MR) is 133 cm³/mol. The topological polar surface area (TPSA) is 80.4 Å². The monoisotopic (exact) mass is 528 g/mol. The molecule has 1 atom stereocenters. The molecule has 0 aliphatic heterocycles. The lowest BCUT2D eigenvalue weighted by molar-refractivity contribution is 0.178. The van der Waals surface area contributed by atoms with Gasteiger partial charge in [0.05, 0.1) is 29.8 Å². The highest BCUT2D eigenvalue weighted by Gasteiger charge is 2.27. The molecule has 170 valence electrons. The van der Waals surface area contributed by atoms with Crippen molar-refractivity contribution >= 4 is 50.2 Å². The van der Waals surface area contributed by atoms with Gasteiger partial charge in [0.2, 0.25) is 0 Å². The number of benzene rings is 2. The lowest BCUT2D eigenvalue weighted by Gasteiger charge is -2.30. The van der Waals surface area contributed by atoms with E-state index in [2.05, 4.69) is 21.2 Å². The molecule has 9 heteroatoms. The van der Waals surface area contributed by atoms with Crippen molar-refractivity contribution in [2.24, 2.45) is 0 Å². The van der Waals surface area contributed by atoms with Crippen LogP contribution < -0.4 is 10.9 Å². The fraction of sp³-hybridized carbons (Fsp3) is 0.208. The van der Waals surface area contributed by atoms with Gasteiger partial charge in [-0.15, -0.1) is 0 Å². The van der Waals surface area contributed by atoms with Crippen LogP contribution in [0, 0.1) is 0 Å². The van der Waals surface area contributed by atoms with Gasteiger partial charge in [-0.05, 0) is 68.4 Å². The van der Waals surface area contributed by atoms with E-state index in [1.165, 1.54) is 0 Å². The molecule has 2 aromatic heterocycles. The Morgan fingerprint density at radius 1 is 1.24 bits per heavy atom. The van der Waals surface area contributed by atoms with Crippen molar-refractivity contribution in [1.82, 2.24) is 14.5 Å². The summed E-state index contributed by atoms with van der Waals surface area (Å²) in [6.07, 6.45) is 1.56. The van der Waals surface area contributed by atoms with Crippen LogP contribution in [0.2, 0.25) is 5.02 Å². The zero-order chi connectivity index (χ0) is 23.5. The van der Waals surface area contributed by atoms with Gasteiger partial charge in [-0.2, -0.15) is 0 Å². The van der Waals surface area contributed by atoms with E-state index in [1.54, 1.807) is 58.2 Å². The highest BCUT2D eigenvalue weighted by Crippen LogP contribution is 2.25. The molecule has 0 fully saturated rings. The van der Waals surface area contributed by atoms with Gasteiger partial charge < -0.3 is 14.6 Å². The number of rotatable bonds is 6. The van der Waals surface area contributed by atoms with Crippen LogP contribution in [0.4, 0.5) is 10.5 Å². The second-order valence-corrected chi connectivity index (χ2v) is 8.85. The first kappa shape index (κ1) is 23.1. The molecular formula is C24H22BrClN4O3. The summed E-state index contributed by atoms with van der Waals surface area (Å²) < 4.78 is 7.98. The molecule has 1 unspecified atom stereocenters. The second kappa shape index (κ2) is 9.80. The Hall–Kier alpha value is -3.10. The smallest absolute Gasteiger partial charge is 0.322 e. The fourth-order valence-corrected chi connectivity index (χ4v) is 4.09. The summed E-state index contributed by atoms with van der Waals surface area (Å²) in [5.74, 6) is 1.10. The van der Waals surface area contributed by atoms with Gasteiger partial charge >= 0.3 is 6.03 Å². The Morgan fingerprint density at radius 3 is 2.67 bits per heavy atom. The summed E-state index contributed by atoms with van der Waals surface area (Å²) in [5, 5.41) is 3.83. The van der Waals surface area contributed by atoms with Crippen LogP contribution in [0.3, 0.4) is 0 Å². The summed E-state index contributed by atoms with van der Waals surface area (Å²) >= 11 is 9.49. The molecule has 0 radical (unpaired) electrons. The maximum atomic E-state index is 13.4. The summed E-state index contributed by atoms with van der Waals surface area (Å²) in [7, 11) is 0. The third kappa shape index (κ3) is 4.96. The number of furan rings is 1. The third-order valence-electron chi connectivity index (χ3n) is 5.37. The molecular weight excluding hydrogens is 508 g/mol. The minimum atomic E-state index is -0.529. The first-order valence-electron chi connectivity index (χ1n) is 10.4. The maximum absolute atomic E-state index is 13.4. The third-order valence-corrected chi connectivity index (χ3v) is 6.13. The van der Waals surface area contributed by atoms with E-state index in [0.717, 1.165) is 4.47 Å². The van der Waals surface area contributed by atoms with Crippen molar-refractivity contribution in [3.8, 4) is 0 Å². The van der Waals surface area contributed by atoms with E-state index in [0.29, 0.717) is 39.7 Å². The van der Waals surface area contributed by atoms with Crippen molar-refractivity contribution in [2.45, 2.75) is 33.0 Å². The quantitative estimate of drug-likeness (QED) is 0.321. The molecule has 2 amide bonds. The maximum Gasteiger partial charge on any atom is 0.322 e. The van der Waals surface area contributed by atoms with Crippen LogP contribution in [0.15, 0.2) is 74.5 Å². The Balaban J connectivity index is 1.75. The number of anilines is 1. The van der Waals surface area contributed by atoms with Crippen molar-refractivity contribution < 1.29 is 9.21 Å². The van der Waals surface area contributed by atoms with Gasteiger partial charge in [0.25, 0.3) is 5.56 Å². The number of halogens is 2. The Bertz CT molecular complexity index is 1340. The van der Waals surface area contributed by atoms with Crippen molar-refractivity contribution in [3.05, 3.63) is 92.3 Å². The fourth-order valence-electron chi connectivity index (χ4n) is 3.66. The number of aromatic nitrogens is 2. The van der Waals surface area contributed by atoms with Gasteiger partial charge in [0, 0.05) is 21.7 Å². The minimum absolute atomic E-state index is 0.196. The molecule has 4 rings (SSSR count). The number of amides is 2.